The van der Waals surface area contributed by atoms with Crippen molar-refractivity contribution >= 4 is 10.9 Å². The van der Waals surface area contributed by atoms with E-state index in [4.69, 9.17) is 0 Å². The minimum Gasteiger partial charge on any atom is -0.394 e. The maximum Gasteiger partial charge on any atom is 0.102 e. The number of rotatable bonds is 4. The van der Waals surface area contributed by atoms with Crippen LogP contribution in [0.3, 0.4) is 0 Å². The lowest BCUT2D eigenvalue weighted by Crippen LogP contribution is -2.27. The lowest BCUT2D eigenvalue weighted by molar-refractivity contribution is 0.0654. The zero-order valence-corrected chi connectivity index (χ0v) is 12.0. The molecule has 1 heterocycles. The van der Waals surface area contributed by atoms with Crippen molar-refractivity contribution in [3.63, 3.8) is 0 Å². The van der Waals surface area contributed by atoms with E-state index in [0.29, 0.717) is 0 Å². The molecule has 0 radical (unpaired) electrons. The first-order valence-corrected chi connectivity index (χ1v) is 7.12. The number of fused-ring (bicyclic) bond motifs is 1. The predicted octanol–water partition coefficient (Wildman–Crippen LogP) is 2.89. The summed E-state index contributed by atoms with van der Waals surface area (Å²) in [5, 5.41) is 20.9. The van der Waals surface area contributed by atoms with E-state index in [2.05, 4.69) is 25.1 Å². The Bertz CT molecular complexity index is 733. The molecule has 3 rings (SSSR count). The van der Waals surface area contributed by atoms with Crippen LogP contribution in [0.5, 0.6) is 0 Å². The van der Waals surface area contributed by atoms with E-state index in [9.17, 15) is 10.2 Å². The highest BCUT2D eigenvalue weighted by Gasteiger charge is 2.23. The molecule has 0 saturated carbocycles. The Morgan fingerprint density at radius 1 is 1.05 bits per heavy atom. The van der Waals surface area contributed by atoms with Gasteiger partial charge in [0.25, 0.3) is 0 Å². The molecule has 0 amide bonds. The lowest BCUT2D eigenvalue weighted by Gasteiger charge is -2.25. The second-order valence-electron chi connectivity index (χ2n) is 5.39. The second-order valence-corrected chi connectivity index (χ2v) is 5.39. The van der Waals surface area contributed by atoms with Gasteiger partial charge in [0, 0.05) is 11.7 Å². The van der Waals surface area contributed by atoms with Crippen molar-refractivity contribution in [1.29, 1.82) is 0 Å². The summed E-state index contributed by atoms with van der Waals surface area (Å²) in [4.78, 5) is 0. The Morgan fingerprint density at radius 2 is 1.81 bits per heavy atom. The van der Waals surface area contributed by atoms with Crippen molar-refractivity contribution in [2.45, 2.75) is 19.1 Å². The highest BCUT2D eigenvalue weighted by molar-refractivity contribution is 5.81. The summed E-state index contributed by atoms with van der Waals surface area (Å²) in [6.45, 7) is 1.78. The van der Waals surface area contributed by atoms with Crippen LogP contribution in [0.1, 0.15) is 17.2 Å². The van der Waals surface area contributed by atoms with Crippen molar-refractivity contribution in [1.82, 2.24) is 4.57 Å². The molecule has 0 aliphatic carbocycles. The summed E-state index contributed by atoms with van der Waals surface area (Å²) in [5.41, 5.74) is 3.22. The van der Waals surface area contributed by atoms with E-state index in [1.165, 1.54) is 5.56 Å². The molecule has 0 bridgehead atoms. The van der Waals surface area contributed by atoms with Crippen LogP contribution in [0.25, 0.3) is 10.9 Å². The van der Waals surface area contributed by atoms with Gasteiger partial charge in [-0.1, -0.05) is 42.5 Å². The number of hydrogen-bond donors (Lipinski definition) is 2. The minimum atomic E-state index is -0.844. The molecule has 1 aromatic heterocycles. The molecule has 2 N–H and O–H groups in total. The van der Waals surface area contributed by atoms with Gasteiger partial charge in [-0.15, -0.1) is 0 Å². The Hall–Kier alpha value is -2.10. The zero-order valence-electron chi connectivity index (χ0n) is 12.0. The Labute approximate surface area is 124 Å². The van der Waals surface area contributed by atoms with Crippen LogP contribution in [0.15, 0.2) is 60.8 Å². The third kappa shape index (κ3) is 2.58. The molecule has 0 saturated heterocycles. The number of aromatic nitrogens is 1. The van der Waals surface area contributed by atoms with Gasteiger partial charge in [0.1, 0.15) is 6.10 Å². The molecule has 2 aromatic carbocycles. The minimum absolute atomic E-state index is 0.273. The van der Waals surface area contributed by atoms with Gasteiger partial charge in [-0.3, -0.25) is 0 Å². The average molecular weight is 281 g/mol. The summed E-state index contributed by atoms with van der Waals surface area (Å²) in [6.07, 6.45) is 1.13. The third-order valence-corrected chi connectivity index (χ3v) is 3.87. The second kappa shape index (κ2) is 5.72. The highest BCUT2D eigenvalue weighted by Crippen LogP contribution is 2.28. The van der Waals surface area contributed by atoms with Gasteiger partial charge in [0.2, 0.25) is 0 Å². The molecular weight excluding hydrogens is 262 g/mol. The molecular formula is C18H19NO2. The molecule has 0 fully saturated rings. The van der Waals surface area contributed by atoms with Crippen LogP contribution in [-0.2, 0) is 0 Å². The first kappa shape index (κ1) is 13.9. The molecule has 0 spiro atoms. The van der Waals surface area contributed by atoms with E-state index in [1.54, 1.807) is 0 Å². The van der Waals surface area contributed by atoms with Crippen LogP contribution in [-0.4, -0.2) is 27.5 Å². The lowest BCUT2D eigenvalue weighted by atomic mass is 10.0. The molecule has 3 aromatic rings. The van der Waals surface area contributed by atoms with Crippen molar-refractivity contribution < 1.29 is 10.2 Å². The fourth-order valence-electron chi connectivity index (χ4n) is 2.82. The number of hydrogen-bond acceptors (Lipinski definition) is 2. The SMILES string of the molecule is Cc1ccc2ccn([C@@H](c3ccccc3)[C@H](O)CO)c2c1. The van der Waals surface area contributed by atoms with Crippen molar-refractivity contribution in [2.75, 3.05) is 6.61 Å². The summed E-state index contributed by atoms with van der Waals surface area (Å²) in [6, 6.07) is 17.8. The Balaban J connectivity index is 2.17. The van der Waals surface area contributed by atoms with Gasteiger partial charge in [-0.25, -0.2) is 0 Å². The first-order chi connectivity index (χ1) is 10.2. The van der Waals surface area contributed by atoms with Crippen LogP contribution in [0.4, 0.5) is 0 Å². The normalized spacial score (nSPS) is 14.2. The third-order valence-electron chi connectivity index (χ3n) is 3.87. The summed E-state index contributed by atoms with van der Waals surface area (Å²) in [5.74, 6) is 0. The predicted molar refractivity (Wildman–Crippen MR) is 84.3 cm³/mol. The largest absolute Gasteiger partial charge is 0.394 e. The molecule has 0 unspecified atom stereocenters. The summed E-state index contributed by atoms with van der Waals surface area (Å²) in [7, 11) is 0. The molecule has 21 heavy (non-hydrogen) atoms. The number of benzene rings is 2. The number of nitrogens with zero attached hydrogens (tertiary/aromatic N) is 1. The van der Waals surface area contributed by atoms with Gasteiger partial charge in [-0.05, 0) is 35.6 Å². The molecule has 3 heteroatoms. The molecule has 3 nitrogen and oxygen atoms in total. The van der Waals surface area contributed by atoms with Gasteiger partial charge in [0.05, 0.1) is 12.6 Å². The van der Waals surface area contributed by atoms with E-state index in [-0.39, 0.29) is 12.6 Å². The van der Waals surface area contributed by atoms with Crippen molar-refractivity contribution in [2.24, 2.45) is 0 Å². The first-order valence-electron chi connectivity index (χ1n) is 7.12. The number of aliphatic hydroxyl groups is 2. The fourth-order valence-corrected chi connectivity index (χ4v) is 2.82. The standard InChI is InChI=1S/C18H19NO2/c1-13-7-8-14-9-10-19(16(14)11-13)18(17(21)12-20)15-5-3-2-4-6-15/h2-11,17-18,20-21H,12H2,1H3/t17-,18+/m1/s1. The van der Waals surface area contributed by atoms with E-state index in [0.717, 1.165) is 16.5 Å². The van der Waals surface area contributed by atoms with Crippen molar-refractivity contribution in [3.05, 3.63) is 71.9 Å². The van der Waals surface area contributed by atoms with E-state index < -0.39 is 6.10 Å². The molecule has 0 aliphatic rings. The Morgan fingerprint density at radius 3 is 2.52 bits per heavy atom. The Kier molecular flexibility index (Phi) is 3.78. The number of aliphatic hydroxyl groups excluding tert-OH is 2. The van der Waals surface area contributed by atoms with Crippen LogP contribution in [0, 0.1) is 6.92 Å². The average Bonchev–Trinajstić information content (AvgIpc) is 2.91. The quantitative estimate of drug-likeness (QED) is 0.772. The monoisotopic (exact) mass is 281 g/mol. The van der Waals surface area contributed by atoms with Crippen LogP contribution < -0.4 is 0 Å². The van der Waals surface area contributed by atoms with Crippen LogP contribution in [0.2, 0.25) is 0 Å². The van der Waals surface area contributed by atoms with Gasteiger partial charge < -0.3 is 14.8 Å². The van der Waals surface area contributed by atoms with E-state index >= 15 is 0 Å². The zero-order chi connectivity index (χ0) is 14.8. The maximum atomic E-state index is 10.3. The smallest absolute Gasteiger partial charge is 0.102 e. The molecule has 108 valence electrons. The maximum absolute atomic E-state index is 10.3. The molecule has 0 aliphatic heterocycles. The van der Waals surface area contributed by atoms with Gasteiger partial charge in [-0.2, -0.15) is 0 Å². The summed E-state index contributed by atoms with van der Waals surface area (Å²) < 4.78 is 2.04. The van der Waals surface area contributed by atoms with E-state index in [1.807, 2.05) is 47.2 Å². The highest BCUT2D eigenvalue weighted by atomic mass is 16.3. The van der Waals surface area contributed by atoms with Gasteiger partial charge >= 0.3 is 0 Å². The summed E-state index contributed by atoms with van der Waals surface area (Å²) >= 11 is 0. The molecule has 2 atom stereocenters. The van der Waals surface area contributed by atoms with Crippen LogP contribution >= 0.6 is 0 Å². The fraction of sp³-hybridized carbons (Fsp3) is 0.222. The van der Waals surface area contributed by atoms with Gasteiger partial charge in [0.15, 0.2) is 0 Å². The number of aryl methyl sites for hydroxylation is 1. The van der Waals surface area contributed by atoms with Crippen molar-refractivity contribution in [3.8, 4) is 0 Å². The topological polar surface area (TPSA) is 45.4 Å².